The van der Waals surface area contributed by atoms with Crippen molar-refractivity contribution in [1.29, 1.82) is 0 Å². The standard InChI is InChI=1S/C29H33N3O5/c1-6-14-31-22-11-9-8-10-21(22)29(28(31)36)24(26(34)27(35)32(29)16-15-30(4)5)25(33)20-12-13-23(19(3)18-20)37-17-7-2/h7-13,18,33H,2,6,14-17H2,1,3-5H3/t29-/m1/s1. The first-order valence-corrected chi connectivity index (χ1v) is 12.4. The number of hydrogen-bond donors (Lipinski definition) is 1. The maximum Gasteiger partial charge on any atom is 0.296 e. The lowest BCUT2D eigenvalue weighted by Gasteiger charge is -2.35. The number of carbonyl (C=O) groups excluding carboxylic acids is 3. The normalized spacial score (nSPS) is 20.3. The Bertz CT molecular complexity index is 1300. The SMILES string of the molecule is C=CCOc1ccc(C(O)=C2C(=O)C(=O)N(CCN(C)C)[C@@]23C(=O)N(CCC)c2ccccc23)cc1C. The van der Waals surface area contributed by atoms with Gasteiger partial charge in [-0.25, -0.2) is 0 Å². The molecule has 2 amide bonds. The van der Waals surface area contributed by atoms with Crippen molar-refractivity contribution in [2.45, 2.75) is 25.8 Å². The van der Waals surface area contributed by atoms with Gasteiger partial charge in [0.05, 0.1) is 11.3 Å². The molecule has 1 atom stereocenters. The molecule has 0 unspecified atom stereocenters. The summed E-state index contributed by atoms with van der Waals surface area (Å²) in [4.78, 5) is 46.3. The number of amides is 2. The van der Waals surface area contributed by atoms with Gasteiger partial charge < -0.3 is 24.5 Å². The third-order valence-corrected chi connectivity index (χ3v) is 6.83. The van der Waals surface area contributed by atoms with Crippen LogP contribution in [0.15, 0.2) is 60.7 Å². The topological polar surface area (TPSA) is 90.4 Å². The lowest BCUT2D eigenvalue weighted by Crippen LogP contribution is -2.53. The number of ketones is 1. The van der Waals surface area contributed by atoms with Crippen LogP contribution in [0.25, 0.3) is 5.76 Å². The second kappa shape index (κ2) is 10.2. The number of rotatable bonds is 9. The van der Waals surface area contributed by atoms with Gasteiger partial charge in [-0.15, -0.1) is 0 Å². The van der Waals surface area contributed by atoms with Gasteiger partial charge >= 0.3 is 0 Å². The lowest BCUT2D eigenvalue weighted by atomic mass is 9.81. The van der Waals surface area contributed by atoms with Crippen LogP contribution in [-0.2, 0) is 19.9 Å². The Hall–Kier alpha value is -3.91. The maximum absolute atomic E-state index is 14.3. The molecule has 194 valence electrons. The van der Waals surface area contributed by atoms with E-state index in [0.29, 0.717) is 48.7 Å². The van der Waals surface area contributed by atoms with E-state index in [-0.39, 0.29) is 17.9 Å². The zero-order valence-corrected chi connectivity index (χ0v) is 21.8. The lowest BCUT2D eigenvalue weighted by molar-refractivity contribution is -0.143. The van der Waals surface area contributed by atoms with Crippen molar-refractivity contribution >= 4 is 29.0 Å². The van der Waals surface area contributed by atoms with Crippen molar-refractivity contribution in [3.05, 3.63) is 77.4 Å². The summed E-state index contributed by atoms with van der Waals surface area (Å²) in [6.07, 6.45) is 2.32. The van der Waals surface area contributed by atoms with Gasteiger partial charge in [0, 0.05) is 30.8 Å². The molecule has 0 aromatic heterocycles. The Balaban J connectivity index is 1.98. The Morgan fingerprint density at radius 2 is 1.86 bits per heavy atom. The molecular weight excluding hydrogens is 470 g/mol. The smallest absolute Gasteiger partial charge is 0.296 e. The molecule has 2 aromatic rings. The van der Waals surface area contributed by atoms with E-state index >= 15 is 0 Å². The van der Waals surface area contributed by atoms with Crippen LogP contribution >= 0.6 is 0 Å². The molecule has 0 bridgehead atoms. The first-order chi connectivity index (χ1) is 17.7. The summed E-state index contributed by atoms with van der Waals surface area (Å²) in [5.41, 5.74) is 0.273. The van der Waals surface area contributed by atoms with Crippen LogP contribution in [0.3, 0.4) is 0 Å². The first-order valence-electron chi connectivity index (χ1n) is 12.4. The average Bonchev–Trinajstić information content (AvgIpc) is 3.25. The van der Waals surface area contributed by atoms with Crippen LogP contribution in [0.2, 0.25) is 0 Å². The number of nitrogens with zero attached hydrogens (tertiary/aromatic N) is 3. The van der Waals surface area contributed by atoms with E-state index in [0.717, 1.165) is 5.56 Å². The molecule has 1 spiro atoms. The molecule has 0 saturated carbocycles. The summed E-state index contributed by atoms with van der Waals surface area (Å²) in [6.45, 7) is 8.75. The number of likely N-dealkylation sites (N-methyl/N-ethyl adjacent to an activating group) is 1. The molecule has 2 aliphatic heterocycles. The van der Waals surface area contributed by atoms with Crippen molar-refractivity contribution < 1.29 is 24.2 Å². The molecule has 0 radical (unpaired) electrons. The molecular formula is C29H33N3O5. The molecule has 2 heterocycles. The summed E-state index contributed by atoms with van der Waals surface area (Å²) in [5, 5.41) is 11.6. The minimum absolute atomic E-state index is 0.141. The average molecular weight is 504 g/mol. The molecule has 8 nitrogen and oxygen atoms in total. The number of para-hydroxylation sites is 1. The van der Waals surface area contributed by atoms with E-state index in [1.54, 1.807) is 41.3 Å². The zero-order chi connectivity index (χ0) is 26.9. The molecule has 4 rings (SSSR count). The second-order valence-corrected chi connectivity index (χ2v) is 9.58. The monoisotopic (exact) mass is 503 g/mol. The van der Waals surface area contributed by atoms with E-state index in [2.05, 4.69) is 6.58 Å². The largest absolute Gasteiger partial charge is 0.507 e. The van der Waals surface area contributed by atoms with Crippen LogP contribution < -0.4 is 9.64 Å². The Kier molecular flexibility index (Phi) is 7.23. The molecule has 1 saturated heterocycles. The van der Waals surface area contributed by atoms with Gasteiger partial charge in [0.1, 0.15) is 18.1 Å². The third-order valence-electron chi connectivity index (χ3n) is 6.83. The van der Waals surface area contributed by atoms with Crippen molar-refractivity contribution in [2.24, 2.45) is 0 Å². The highest BCUT2D eigenvalue weighted by Gasteiger charge is 2.66. The van der Waals surface area contributed by atoms with Gasteiger partial charge in [0.25, 0.3) is 17.6 Å². The van der Waals surface area contributed by atoms with Gasteiger partial charge in [-0.3, -0.25) is 14.4 Å². The number of ether oxygens (including phenoxy) is 1. The van der Waals surface area contributed by atoms with Gasteiger partial charge in [0.2, 0.25) is 0 Å². The van der Waals surface area contributed by atoms with Gasteiger partial charge in [-0.05, 0) is 57.3 Å². The molecule has 1 N–H and O–H groups in total. The number of aryl methyl sites for hydroxylation is 1. The quantitative estimate of drug-likeness (QED) is 0.244. The highest BCUT2D eigenvalue weighted by atomic mass is 16.5. The van der Waals surface area contributed by atoms with Gasteiger partial charge in [0.15, 0.2) is 5.54 Å². The summed E-state index contributed by atoms with van der Waals surface area (Å²) in [6, 6.07) is 12.2. The number of anilines is 1. The maximum atomic E-state index is 14.3. The highest BCUT2D eigenvalue weighted by molar-refractivity contribution is 6.50. The molecule has 2 aliphatic rings. The van der Waals surface area contributed by atoms with E-state index in [4.69, 9.17) is 4.74 Å². The molecule has 2 aromatic carbocycles. The summed E-state index contributed by atoms with van der Waals surface area (Å²) in [5.74, 6) is -1.85. The number of hydrogen-bond acceptors (Lipinski definition) is 6. The Labute approximate surface area is 217 Å². The minimum Gasteiger partial charge on any atom is -0.507 e. The zero-order valence-electron chi connectivity index (χ0n) is 21.8. The number of likely N-dealkylation sites (tertiary alicyclic amines) is 1. The highest BCUT2D eigenvalue weighted by Crippen LogP contribution is 2.53. The second-order valence-electron chi connectivity index (χ2n) is 9.58. The predicted molar refractivity (Wildman–Crippen MR) is 142 cm³/mol. The number of aliphatic hydroxyl groups excluding tert-OH is 1. The summed E-state index contributed by atoms with van der Waals surface area (Å²) in [7, 11) is 3.71. The van der Waals surface area contributed by atoms with E-state index in [9.17, 15) is 19.5 Å². The fourth-order valence-electron chi connectivity index (χ4n) is 5.16. The molecule has 8 heteroatoms. The first kappa shape index (κ1) is 26.2. The van der Waals surface area contributed by atoms with E-state index in [1.807, 2.05) is 45.0 Å². The Morgan fingerprint density at radius 1 is 1.14 bits per heavy atom. The van der Waals surface area contributed by atoms with Crippen molar-refractivity contribution in [2.75, 3.05) is 45.2 Å². The van der Waals surface area contributed by atoms with E-state index < -0.39 is 23.1 Å². The number of benzene rings is 2. The molecule has 0 aliphatic carbocycles. The number of fused-ring (bicyclic) bond motifs is 2. The van der Waals surface area contributed by atoms with Crippen LogP contribution in [-0.4, -0.2) is 72.8 Å². The van der Waals surface area contributed by atoms with Gasteiger partial charge in [-0.2, -0.15) is 0 Å². The van der Waals surface area contributed by atoms with Crippen molar-refractivity contribution in [1.82, 2.24) is 9.80 Å². The van der Waals surface area contributed by atoms with Crippen LogP contribution in [0.1, 0.15) is 30.0 Å². The molecule has 37 heavy (non-hydrogen) atoms. The summed E-state index contributed by atoms with van der Waals surface area (Å²) < 4.78 is 5.64. The van der Waals surface area contributed by atoms with E-state index in [1.165, 1.54) is 4.90 Å². The molecule has 1 fully saturated rings. The Morgan fingerprint density at radius 3 is 2.51 bits per heavy atom. The fraction of sp³-hybridized carbons (Fsp3) is 0.345. The number of Topliss-reactive ketones (excluding diaryl/α,β-unsaturated/α-hetero) is 1. The summed E-state index contributed by atoms with van der Waals surface area (Å²) >= 11 is 0. The predicted octanol–water partition coefficient (Wildman–Crippen LogP) is 3.45. The van der Waals surface area contributed by atoms with Crippen LogP contribution in [0.4, 0.5) is 5.69 Å². The minimum atomic E-state index is -1.74. The van der Waals surface area contributed by atoms with Crippen LogP contribution in [0, 0.1) is 6.92 Å². The fourth-order valence-corrected chi connectivity index (χ4v) is 5.16. The number of aliphatic hydroxyl groups is 1. The third kappa shape index (κ3) is 4.11. The van der Waals surface area contributed by atoms with Crippen molar-refractivity contribution in [3.8, 4) is 5.75 Å². The van der Waals surface area contributed by atoms with Gasteiger partial charge in [-0.1, -0.05) is 37.8 Å². The van der Waals surface area contributed by atoms with Crippen LogP contribution in [0.5, 0.6) is 5.75 Å². The van der Waals surface area contributed by atoms with Crippen molar-refractivity contribution in [3.63, 3.8) is 0 Å². The number of carbonyl (C=O) groups is 3.